The summed E-state index contributed by atoms with van der Waals surface area (Å²) in [5.41, 5.74) is 0. The Morgan fingerprint density at radius 3 is 1.79 bits per heavy atom. The number of imide groups is 1. The van der Waals surface area contributed by atoms with Gasteiger partial charge >= 0.3 is 5.97 Å². The van der Waals surface area contributed by atoms with Gasteiger partial charge in [0.25, 0.3) is 11.8 Å². The largest absolute Gasteiger partial charge is 0.383 e. The molecule has 1 aliphatic rings. The van der Waals surface area contributed by atoms with Crippen molar-refractivity contribution in [2.75, 3.05) is 53.0 Å². The molecule has 1 fully saturated rings. The van der Waals surface area contributed by atoms with Gasteiger partial charge in [-0.05, 0) is 97.1 Å². The maximum Gasteiger partial charge on any atom is 0.333 e. The van der Waals surface area contributed by atoms with Crippen molar-refractivity contribution in [3.05, 3.63) is 24.4 Å². The second-order valence-electron chi connectivity index (χ2n) is 15.3. The van der Waals surface area contributed by atoms with Crippen LogP contribution in [0.25, 0.3) is 0 Å². The molecule has 4 amide bonds. The Labute approximate surface area is 389 Å². The zero-order valence-electron chi connectivity index (χ0n) is 38.2. The Morgan fingerprint density at radius 2 is 1.31 bits per heavy atom. The van der Waals surface area contributed by atoms with Crippen LogP contribution in [0.15, 0.2) is 29.4 Å². The first-order valence-electron chi connectivity index (χ1n) is 20.3. The summed E-state index contributed by atoms with van der Waals surface area (Å²) in [5.74, 6) is 0.137. The number of hydroxylamine groups is 2. The van der Waals surface area contributed by atoms with Crippen molar-refractivity contribution in [3.8, 4) is 0 Å². The van der Waals surface area contributed by atoms with Gasteiger partial charge in [0.15, 0.2) is 11.6 Å². The highest BCUT2D eigenvalue weighted by Crippen LogP contribution is 2.40. The van der Waals surface area contributed by atoms with Crippen LogP contribution in [0.4, 0.5) is 0 Å². The second kappa shape index (κ2) is 32.1. The summed E-state index contributed by atoms with van der Waals surface area (Å²) >= 11 is 4.44. The second-order valence-corrected chi connectivity index (χ2v) is 21.8. The number of Topliss-reactive ketones (excluding diaryl/α,β-unsaturated/α-hetero) is 3. The molecule has 4 atom stereocenters. The molecular weight excluding hydrogens is 897 g/mol. The molecular formula is C42H68N4O11S5. The zero-order chi connectivity index (χ0) is 47.5. The highest BCUT2D eigenvalue weighted by molar-refractivity contribution is 8.77. The fraction of sp³-hybridized carbons (Fsp3) is 0.690. The van der Waals surface area contributed by atoms with E-state index in [9.17, 15) is 38.4 Å². The van der Waals surface area contributed by atoms with E-state index in [1.54, 1.807) is 98.5 Å². The summed E-state index contributed by atoms with van der Waals surface area (Å²) in [4.78, 5) is 104. The van der Waals surface area contributed by atoms with Gasteiger partial charge in [-0.3, -0.25) is 28.8 Å². The molecule has 1 aromatic rings. The van der Waals surface area contributed by atoms with Crippen LogP contribution in [-0.4, -0.2) is 141 Å². The monoisotopic (exact) mass is 964 g/mol. The van der Waals surface area contributed by atoms with E-state index in [1.165, 1.54) is 23.6 Å². The Kier molecular flexibility index (Phi) is 30.7. The predicted octanol–water partition coefficient (Wildman–Crippen LogP) is 7.10. The van der Waals surface area contributed by atoms with Crippen molar-refractivity contribution in [1.82, 2.24) is 19.8 Å². The summed E-state index contributed by atoms with van der Waals surface area (Å²) < 4.78 is 9.72. The van der Waals surface area contributed by atoms with Crippen LogP contribution in [0, 0.1) is 0 Å². The van der Waals surface area contributed by atoms with Crippen LogP contribution >= 0.6 is 55.8 Å². The molecule has 1 aromatic heterocycles. The molecule has 20 heteroatoms. The number of carbonyl (C=O) groups excluding carboxylic acids is 8. The number of methoxy groups -OCH3 is 2. The summed E-state index contributed by atoms with van der Waals surface area (Å²) in [5, 5.41) is 1.58. The number of carbonyl (C=O) groups is 8. The summed E-state index contributed by atoms with van der Waals surface area (Å²) in [6.07, 6.45) is 6.07. The first kappa shape index (κ1) is 59.4. The van der Waals surface area contributed by atoms with Crippen molar-refractivity contribution in [3.63, 3.8) is 0 Å². The third-order valence-corrected chi connectivity index (χ3v) is 15.4. The third-order valence-electron chi connectivity index (χ3n) is 9.38. The lowest BCUT2D eigenvalue weighted by molar-refractivity contribution is -0.197. The average molecular weight is 965 g/mol. The lowest BCUT2D eigenvalue weighted by Gasteiger charge is -2.29. The van der Waals surface area contributed by atoms with E-state index in [0.29, 0.717) is 62.6 Å². The minimum atomic E-state index is -0.609. The summed E-state index contributed by atoms with van der Waals surface area (Å²) in [7, 11) is 13.1. The Balaban J connectivity index is 0.00000100. The molecule has 0 aliphatic carbocycles. The molecule has 352 valence electrons. The molecule has 0 aromatic carbocycles. The predicted molar refractivity (Wildman–Crippen MR) is 253 cm³/mol. The van der Waals surface area contributed by atoms with E-state index in [1.807, 2.05) is 32.0 Å². The van der Waals surface area contributed by atoms with E-state index in [2.05, 4.69) is 17.6 Å². The Morgan fingerprint density at radius 1 is 0.790 bits per heavy atom. The smallest absolute Gasteiger partial charge is 0.333 e. The van der Waals surface area contributed by atoms with Gasteiger partial charge < -0.3 is 28.9 Å². The molecule has 62 heavy (non-hydrogen) atoms. The molecule has 2 heterocycles. The lowest BCUT2D eigenvalue weighted by Crippen LogP contribution is -2.40. The molecule has 0 bridgehead atoms. The lowest BCUT2D eigenvalue weighted by atomic mass is 10.0. The van der Waals surface area contributed by atoms with Gasteiger partial charge in [-0.1, -0.05) is 38.4 Å². The normalized spacial score (nSPS) is 15.1. The van der Waals surface area contributed by atoms with Gasteiger partial charge in [-0.25, -0.2) is 9.78 Å². The molecule has 0 saturated carbocycles. The fourth-order valence-corrected chi connectivity index (χ4v) is 10.1. The number of nitrogens with zero attached hydrogens (tertiary/aromatic N) is 4. The standard InChI is InChI=1S/C20H32N2O7S2.C12H23NO3S.C10H13NOS2/c1-14(15(2)23)21(4)16(24)10-11-20(3,13-28-5)31-30-12-6-7-19(27)29-22-17(25)8-9-18(22)26;1-9(10(2)14)13(4)11(15)6-7-12(3,17)8-16-5;1-9(12)5-4-8-13-14-10-6-2-3-7-11-10/h14H,6-13H2,1-5H3;9,17H,6-8H2,1-5H3;2-3,6-7H,4-5,8H2,1H3/t14-,20?;9-,12?;/m00./s1. The van der Waals surface area contributed by atoms with Crippen LogP contribution in [0.3, 0.4) is 0 Å². The maximum absolute atomic E-state index is 12.4. The number of aromatic nitrogens is 1. The SMILES string of the molecule is CC(=O)CCCSSc1ccccn1.COCC(C)(CCC(=O)N(C)[C@@H](C)C(C)=O)SSCCCC(=O)ON1C(=O)CCC1=O.COCC(C)(S)CCC(=O)N(C)[C@@H](C)C(C)=O. The molecule has 1 aliphatic heterocycles. The minimum absolute atomic E-state index is 0.00798. The van der Waals surface area contributed by atoms with Gasteiger partial charge in [0.1, 0.15) is 10.8 Å². The highest BCUT2D eigenvalue weighted by Gasteiger charge is 2.33. The number of amides is 4. The number of ether oxygens (including phenoxy) is 2. The van der Waals surface area contributed by atoms with Gasteiger partial charge in [-0.2, -0.15) is 12.6 Å². The maximum atomic E-state index is 12.4. The summed E-state index contributed by atoms with van der Waals surface area (Å²) in [6, 6.07) is 5.06. The molecule has 0 N–H and O–H groups in total. The molecule has 15 nitrogen and oxygen atoms in total. The summed E-state index contributed by atoms with van der Waals surface area (Å²) in [6.45, 7) is 12.9. The topological polar surface area (TPSA) is 187 Å². The number of ketones is 3. The van der Waals surface area contributed by atoms with Crippen molar-refractivity contribution >= 4 is 103 Å². The number of thiol groups is 1. The van der Waals surface area contributed by atoms with Gasteiger partial charge in [0, 0.05) is 94.0 Å². The fourth-order valence-electron chi connectivity index (χ4n) is 5.05. The van der Waals surface area contributed by atoms with Crippen LogP contribution in [-0.2, 0) is 52.7 Å². The molecule has 0 radical (unpaired) electrons. The van der Waals surface area contributed by atoms with Crippen molar-refractivity contribution in [2.24, 2.45) is 0 Å². The van der Waals surface area contributed by atoms with E-state index in [-0.39, 0.29) is 64.0 Å². The first-order valence-corrected chi connectivity index (χ1v) is 25.4. The molecule has 0 spiro atoms. The molecule has 2 unspecified atom stereocenters. The average Bonchev–Trinajstić information content (AvgIpc) is 3.53. The zero-order valence-corrected chi connectivity index (χ0v) is 42.4. The van der Waals surface area contributed by atoms with Crippen molar-refractivity contribution in [1.29, 1.82) is 0 Å². The Bertz CT molecular complexity index is 1570. The van der Waals surface area contributed by atoms with Crippen LogP contribution in [0.5, 0.6) is 0 Å². The quantitative estimate of drug-likeness (QED) is 0.0407. The number of hydrogen-bond acceptors (Lipinski definition) is 17. The molecule has 2 rings (SSSR count). The van der Waals surface area contributed by atoms with Crippen LogP contribution in [0.1, 0.15) is 113 Å². The van der Waals surface area contributed by atoms with E-state index < -0.39 is 23.8 Å². The number of hydrogen-bond donors (Lipinski definition) is 1. The number of pyridine rings is 1. The van der Waals surface area contributed by atoms with Crippen molar-refractivity contribution < 1.29 is 52.7 Å². The highest BCUT2D eigenvalue weighted by atomic mass is 33.1. The molecule has 1 saturated heterocycles. The van der Waals surface area contributed by atoms with E-state index in [4.69, 9.17) is 14.3 Å². The third kappa shape index (κ3) is 26.2. The van der Waals surface area contributed by atoms with Crippen LogP contribution in [0.2, 0.25) is 0 Å². The van der Waals surface area contributed by atoms with E-state index >= 15 is 0 Å². The first-order chi connectivity index (χ1) is 29.0. The number of rotatable bonds is 27. The van der Waals surface area contributed by atoms with Gasteiger partial charge in [0.05, 0.1) is 25.3 Å². The van der Waals surface area contributed by atoms with E-state index in [0.717, 1.165) is 17.2 Å². The Hall–Kier alpha value is -2.62. The van der Waals surface area contributed by atoms with Crippen molar-refractivity contribution in [2.45, 2.75) is 139 Å². The van der Waals surface area contributed by atoms with Gasteiger partial charge in [-0.15, -0.1) is 5.06 Å². The number of likely N-dealkylation sites (N-methyl/N-ethyl adjacent to an activating group) is 2. The minimum Gasteiger partial charge on any atom is -0.383 e. The van der Waals surface area contributed by atoms with Crippen LogP contribution < -0.4 is 0 Å². The van der Waals surface area contributed by atoms with Gasteiger partial charge in [0.2, 0.25) is 11.8 Å².